The number of likely N-dealkylation sites (tertiary alicyclic amines) is 2. The van der Waals surface area contributed by atoms with Crippen molar-refractivity contribution >= 4 is 17.9 Å². The molecule has 0 aliphatic carbocycles. The van der Waals surface area contributed by atoms with Crippen molar-refractivity contribution in [1.29, 1.82) is 0 Å². The Balaban J connectivity index is 2.03. The SMILES string of the molecule is CC(C)(C)OC(=O)NCC(C)(C)N(CC(=O)N1CCCC1)CC(=O)N1CCCC1. The lowest BCUT2D eigenvalue weighted by Crippen LogP contribution is -2.57. The third-order valence-electron chi connectivity index (χ3n) is 5.49. The Morgan fingerprint density at radius 2 is 1.24 bits per heavy atom. The molecule has 2 aliphatic heterocycles. The van der Waals surface area contributed by atoms with Crippen LogP contribution in [0.3, 0.4) is 0 Å². The minimum atomic E-state index is -0.582. The number of hydrogen-bond acceptors (Lipinski definition) is 5. The molecule has 2 aliphatic rings. The molecule has 1 N–H and O–H groups in total. The summed E-state index contributed by atoms with van der Waals surface area (Å²) in [6.07, 6.45) is 3.62. The lowest BCUT2D eigenvalue weighted by molar-refractivity contribution is -0.137. The molecule has 3 amide bonds. The van der Waals surface area contributed by atoms with Gasteiger partial charge < -0.3 is 19.9 Å². The normalized spacial score (nSPS) is 17.7. The number of ether oxygens (including phenoxy) is 1. The number of alkyl carbamates (subject to hydrolysis) is 1. The van der Waals surface area contributed by atoms with Crippen LogP contribution < -0.4 is 5.32 Å². The van der Waals surface area contributed by atoms with E-state index in [1.807, 2.05) is 49.3 Å². The fourth-order valence-corrected chi connectivity index (χ4v) is 3.66. The quantitative estimate of drug-likeness (QED) is 0.693. The van der Waals surface area contributed by atoms with Gasteiger partial charge in [-0.2, -0.15) is 0 Å². The topological polar surface area (TPSA) is 82.2 Å². The molecule has 0 aromatic rings. The number of nitrogens with one attached hydrogen (secondary N) is 1. The highest BCUT2D eigenvalue weighted by atomic mass is 16.6. The smallest absolute Gasteiger partial charge is 0.407 e. The van der Waals surface area contributed by atoms with Crippen LogP contribution in [-0.2, 0) is 14.3 Å². The number of rotatable bonds is 7. The van der Waals surface area contributed by atoms with Crippen LogP contribution in [0.4, 0.5) is 4.79 Å². The zero-order valence-corrected chi connectivity index (χ0v) is 18.8. The zero-order valence-electron chi connectivity index (χ0n) is 18.8. The molecule has 0 atom stereocenters. The summed E-state index contributed by atoms with van der Waals surface area (Å²) in [4.78, 5) is 43.3. The van der Waals surface area contributed by atoms with E-state index in [1.54, 1.807) is 0 Å². The average Bonchev–Trinajstić information content (AvgIpc) is 3.31. The molecule has 0 bridgehead atoms. The second kappa shape index (κ2) is 9.78. The molecule has 0 saturated carbocycles. The largest absolute Gasteiger partial charge is 0.444 e. The fourth-order valence-electron chi connectivity index (χ4n) is 3.66. The van der Waals surface area contributed by atoms with Crippen molar-refractivity contribution in [3.8, 4) is 0 Å². The van der Waals surface area contributed by atoms with Gasteiger partial charge in [0.25, 0.3) is 0 Å². The van der Waals surface area contributed by atoms with Crippen molar-refractivity contribution in [2.75, 3.05) is 45.8 Å². The van der Waals surface area contributed by atoms with Gasteiger partial charge in [0.15, 0.2) is 0 Å². The van der Waals surface area contributed by atoms with Crippen LogP contribution in [0, 0.1) is 0 Å². The summed E-state index contributed by atoms with van der Waals surface area (Å²) in [5, 5.41) is 2.79. The Bertz CT molecular complexity index is 558. The molecule has 0 aromatic carbocycles. The van der Waals surface area contributed by atoms with Crippen LogP contribution in [0.1, 0.15) is 60.3 Å². The minimum absolute atomic E-state index is 0.0436. The molecule has 0 aromatic heterocycles. The third-order valence-corrected chi connectivity index (χ3v) is 5.49. The summed E-state index contributed by atoms with van der Waals surface area (Å²) in [5.74, 6) is 0.0872. The van der Waals surface area contributed by atoms with E-state index in [1.165, 1.54) is 0 Å². The van der Waals surface area contributed by atoms with E-state index in [2.05, 4.69) is 5.32 Å². The lowest BCUT2D eigenvalue weighted by atomic mass is 10.0. The summed E-state index contributed by atoms with van der Waals surface area (Å²) in [6.45, 7) is 13.1. The zero-order chi connectivity index (χ0) is 21.7. The van der Waals surface area contributed by atoms with Crippen molar-refractivity contribution in [1.82, 2.24) is 20.0 Å². The number of nitrogens with zero attached hydrogens (tertiary/aromatic N) is 3. The Morgan fingerprint density at radius 3 is 1.62 bits per heavy atom. The van der Waals surface area contributed by atoms with E-state index in [4.69, 9.17) is 4.74 Å². The molecular formula is C21H38N4O4. The first-order chi connectivity index (χ1) is 13.5. The van der Waals surface area contributed by atoms with Gasteiger partial charge in [0.05, 0.1) is 13.1 Å². The van der Waals surface area contributed by atoms with Crippen LogP contribution in [-0.4, -0.2) is 89.6 Å². The van der Waals surface area contributed by atoms with Gasteiger partial charge in [0, 0.05) is 38.3 Å². The van der Waals surface area contributed by atoms with Crippen LogP contribution in [0.2, 0.25) is 0 Å². The summed E-state index contributed by atoms with van der Waals surface area (Å²) in [5.41, 5.74) is -1.16. The highest BCUT2D eigenvalue weighted by molar-refractivity contribution is 5.81. The molecular weight excluding hydrogens is 372 g/mol. The van der Waals surface area contributed by atoms with E-state index in [-0.39, 0.29) is 31.4 Å². The predicted molar refractivity (Wildman–Crippen MR) is 112 cm³/mol. The highest BCUT2D eigenvalue weighted by Gasteiger charge is 2.34. The summed E-state index contributed by atoms with van der Waals surface area (Å²) in [6, 6.07) is 0. The first kappa shape index (κ1) is 23.4. The van der Waals surface area contributed by atoms with Crippen molar-refractivity contribution in [2.45, 2.75) is 71.4 Å². The molecule has 2 rings (SSSR count). The van der Waals surface area contributed by atoms with Crippen LogP contribution in [0.5, 0.6) is 0 Å². The van der Waals surface area contributed by atoms with Gasteiger partial charge in [0.2, 0.25) is 11.8 Å². The summed E-state index contributed by atoms with van der Waals surface area (Å²) >= 11 is 0. The summed E-state index contributed by atoms with van der Waals surface area (Å²) < 4.78 is 5.32. The lowest BCUT2D eigenvalue weighted by Gasteiger charge is -2.39. The Morgan fingerprint density at radius 1 is 0.828 bits per heavy atom. The molecule has 0 unspecified atom stereocenters. The summed E-state index contributed by atoms with van der Waals surface area (Å²) in [7, 11) is 0. The van der Waals surface area contributed by atoms with Gasteiger partial charge in [-0.05, 0) is 60.3 Å². The van der Waals surface area contributed by atoms with Crippen LogP contribution in [0.15, 0.2) is 0 Å². The maximum absolute atomic E-state index is 12.8. The second-order valence-corrected chi connectivity index (χ2v) is 9.70. The van der Waals surface area contributed by atoms with Gasteiger partial charge in [-0.25, -0.2) is 4.79 Å². The molecule has 2 saturated heterocycles. The standard InChI is InChI=1S/C21H38N4O4/c1-20(2,3)29-19(28)22-16-21(4,5)25(14-17(26)23-10-6-7-11-23)15-18(27)24-12-8-9-13-24/h6-16H2,1-5H3,(H,22,28). The molecule has 8 nitrogen and oxygen atoms in total. The van der Waals surface area contributed by atoms with Crippen LogP contribution in [0.25, 0.3) is 0 Å². The molecule has 8 heteroatoms. The van der Waals surface area contributed by atoms with Gasteiger partial charge in [-0.15, -0.1) is 0 Å². The number of amides is 3. The molecule has 166 valence electrons. The van der Waals surface area contributed by atoms with Crippen molar-refractivity contribution in [3.63, 3.8) is 0 Å². The van der Waals surface area contributed by atoms with Crippen LogP contribution >= 0.6 is 0 Å². The van der Waals surface area contributed by atoms with E-state index in [0.717, 1.165) is 51.9 Å². The molecule has 0 radical (unpaired) electrons. The molecule has 2 heterocycles. The third kappa shape index (κ3) is 7.49. The minimum Gasteiger partial charge on any atom is -0.444 e. The van der Waals surface area contributed by atoms with Gasteiger partial charge in [0.1, 0.15) is 5.60 Å². The molecule has 29 heavy (non-hydrogen) atoms. The second-order valence-electron chi connectivity index (χ2n) is 9.70. The van der Waals surface area contributed by atoms with E-state index >= 15 is 0 Å². The Hall–Kier alpha value is -1.83. The van der Waals surface area contributed by atoms with E-state index in [0.29, 0.717) is 0 Å². The van der Waals surface area contributed by atoms with Gasteiger partial charge in [-0.3, -0.25) is 14.5 Å². The van der Waals surface area contributed by atoms with Crippen molar-refractivity contribution in [2.24, 2.45) is 0 Å². The maximum Gasteiger partial charge on any atom is 0.407 e. The van der Waals surface area contributed by atoms with E-state index in [9.17, 15) is 14.4 Å². The van der Waals surface area contributed by atoms with Crippen molar-refractivity contribution < 1.29 is 19.1 Å². The van der Waals surface area contributed by atoms with E-state index < -0.39 is 17.2 Å². The average molecular weight is 411 g/mol. The van der Waals surface area contributed by atoms with Gasteiger partial charge in [-0.1, -0.05) is 0 Å². The van der Waals surface area contributed by atoms with Gasteiger partial charge >= 0.3 is 6.09 Å². The molecule has 0 spiro atoms. The predicted octanol–water partition coefficient (Wildman–Crippen LogP) is 1.84. The first-order valence-electron chi connectivity index (χ1n) is 10.8. The highest BCUT2D eigenvalue weighted by Crippen LogP contribution is 2.18. The first-order valence-corrected chi connectivity index (χ1v) is 10.8. The monoisotopic (exact) mass is 410 g/mol. The molecule has 2 fully saturated rings. The Labute approximate surface area is 174 Å². The number of hydrogen-bond donors (Lipinski definition) is 1. The number of carbonyl (C=O) groups is 3. The van der Waals surface area contributed by atoms with Crippen molar-refractivity contribution in [3.05, 3.63) is 0 Å². The maximum atomic E-state index is 12.8. The fraction of sp³-hybridized carbons (Fsp3) is 0.857. The Kier molecular flexibility index (Phi) is 7.91. The number of carbonyl (C=O) groups excluding carboxylic acids is 3.